The molecule has 0 aliphatic heterocycles. The van der Waals surface area contributed by atoms with Gasteiger partial charge >= 0.3 is 6.03 Å². The maximum absolute atomic E-state index is 12.9. The zero-order valence-electron chi connectivity index (χ0n) is 17.2. The van der Waals surface area contributed by atoms with Gasteiger partial charge in [0.1, 0.15) is 0 Å². The van der Waals surface area contributed by atoms with E-state index < -0.39 is 0 Å². The van der Waals surface area contributed by atoms with E-state index in [1.165, 1.54) is 57.8 Å². The summed E-state index contributed by atoms with van der Waals surface area (Å²) in [6.45, 7) is 0.627. The summed E-state index contributed by atoms with van der Waals surface area (Å²) in [5.74, 6) is 4.50. The molecule has 1 aromatic heterocycles. The lowest BCUT2D eigenvalue weighted by Crippen LogP contribution is -2.61. The van der Waals surface area contributed by atoms with Crippen LogP contribution in [-0.4, -0.2) is 40.2 Å². The van der Waals surface area contributed by atoms with Crippen LogP contribution in [0.25, 0.3) is 0 Å². The van der Waals surface area contributed by atoms with E-state index in [4.69, 9.17) is 4.52 Å². The minimum absolute atomic E-state index is 0.0675. The number of nitrogens with one attached hydrogen (secondary N) is 1. The average molecular weight is 387 g/mol. The first-order chi connectivity index (χ1) is 13.6. The molecule has 0 saturated heterocycles. The van der Waals surface area contributed by atoms with E-state index in [0.29, 0.717) is 18.9 Å². The van der Waals surface area contributed by atoms with Gasteiger partial charge in [-0.3, -0.25) is 0 Å². The van der Waals surface area contributed by atoms with E-state index in [9.17, 15) is 4.79 Å². The number of likely N-dealkylation sites (N-methyl/N-ethyl adjacent to an activating group) is 1. The molecule has 1 aromatic rings. The van der Waals surface area contributed by atoms with Crippen molar-refractivity contribution in [2.45, 2.75) is 88.5 Å². The summed E-state index contributed by atoms with van der Waals surface area (Å²) in [4.78, 5) is 19.3. The number of amides is 2. The molecule has 0 aromatic carbocycles. The summed E-state index contributed by atoms with van der Waals surface area (Å²) in [6.07, 6.45) is 14.6. The number of rotatable bonds is 5. The molecule has 4 bridgehead atoms. The first-order valence-corrected chi connectivity index (χ1v) is 11.4. The number of aromatic nitrogens is 2. The summed E-state index contributed by atoms with van der Waals surface area (Å²) >= 11 is 0. The Labute approximate surface area is 167 Å². The standard InChI is InChI=1S/C22H34N4O2/c1-26(8-7-19-23-20(28-25-19)18-5-3-2-4-6-18)21(27)24-22-12-15-9-16(13-22)11-17(10-15)14-22/h15-18H,2-14H2,1H3,(H,24,27). The molecule has 6 rings (SSSR count). The van der Waals surface area contributed by atoms with Crippen molar-refractivity contribution in [2.75, 3.05) is 13.6 Å². The smallest absolute Gasteiger partial charge is 0.317 e. The van der Waals surface area contributed by atoms with Crippen LogP contribution in [0.3, 0.4) is 0 Å². The molecule has 5 aliphatic rings. The quantitative estimate of drug-likeness (QED) is 0.820. The fraction of sp³-hybridized carbons (Fsp3) is 0.864. The minimum Gasteiger partial charge on any atom is -0.339 e. The fourth-order valence-corrected chi connectivity index (χ4v) is 6.84. The predicted octanol–water partition coefficient (Wildman–Crippen LogP) is 4.27. The van der Waals surface area contributed by atoms with Gasteiger partial charge in [0.15, 0.2) is 5.82 Å². The summed E-state index contributed by atoms with van der Waals surface area (Å²) in [5, 5.41) is 7.60. The van der Waals surface area contributed by atoms with Crippen LogP contribution in [0, 0.1) is 17.8 Å². The molecular formula is C22H34N4O2. The van der Waals surface area contributed by atoms with Gasteiger partial charge in [-0.2, -0.15) is 4.98 Å². The summed E-state index contributed by atoms with van der Waals surface area (Å²) in [6, 6.07) is 0.0675. The van der Waals surface area contributed by atoms with Crippen LogP contribution in [0.2, 0.25) is 0 Å². The highest BCUT2D eigenvalue weighted by Crippen LogP contribution is 2.55. The predicted molar refractivity (Wildman–Crippen MR) is 106 cm³/mol. The Morgan fingerprint density at radius 1 is 1.11 bits per heavy atom. The average Bonchev–Trinajstić information content (AvgIpc) is 3.14. The Hall–Kier alpha value is -1.59. The van der Waals surface area contributed by atoms with Crippen molar-refractivity contribution in [2.24, 2.45) is 17.8 Å². The molecule has 154 valence electrons. The van der Waals surface area contributed by atoms with Gasteiger partial charge in [-0.05, 0) is 69.1 Å². The van der Waals surface area contributed by atoms with E-state index >= 15 is 0 Å². The van der Waals surface area contributed by atoms with E-state index in [1.807, 2.05) is 7.05 Å². The van der Waals surface area contributed by atoms with Gasteiger partial charge in [0, 0.05) is 31.5 Å². The van der Waals surface area contributed by atoms with Crippen molar-refractivity contribution >= 4 is 6.03 Å². The highest BCUT2D eigenvalue weighted by Gasteiger charge is 2.51. The van der Waals surface area contributed by atoms with Crippen LogP contribution in [0.1, 0.15) is 88.3 Å². The van der Waals surface area contributed by atoms with Gasteiger partial charge in [-0.15, -0.1) is 0 Å². The van der Waals surface area contributed by atoms with Gasteiger partial charge in [0.25, 0.3) is 0 Å². The number of nitrogens with zero attached hydrogens (tertiary/aromatic N) is 3. The number of carbonyl (C=O) groups is 1. The molecule has 0 radical (unpaired) electrons. The number of hydrogen-bond acceptors (Lipinski definition) is 4. The van der Waals surface area contributed by atoms with Crippen LogP contribution in [-0.2, 0) is 6.42 Å². The molecule has 6 nitrogen and oxygen atoms in total. The fourth-order valence-electron chi connectivity index (χ4n) is 6.84. The molecule has 0 unspecified atom stereocenters. The van der Waals surface area contributed by atoms with Crippen molar-refractivity contribution in [1.29, 1.82) is 0 Å². The van der Waals surface area contributed by atoms with Gasteiger partial charge in [0.05, 0.1) is 0 Å². The molecule has 0 atom stereocenters. The Bertz CT molecular complexity index is 674. The van der Waals surface area contributed by atoms with Crippen molar-refractivity contribution in [3.8, 4) is 0 Å². The van der Waals surface area contributed by atoms with Gasteiger partial charge in [-0.1, -0.05) is 24.4 Å². The second kappa shape index (κ2) is 7.34. The third-order valence-electron chi connectivity index (χ3n) is 7.87. The third-order valence-corrected chi connectivity index (χ3v) is 7.87. The van der Waals surface area contributed by atoms with Crippen molar-refractivity contribution in [1.82, 2.24) is 20.4 Å². The van der Waals surface area contributed by atoms with E-state index in [1.54, 1.807) is 4.90 Å². The number of urea groups is 1. The lowest BCUT2D eigenvalue weighted by molar-refractivity contribution is -0.0152. The molecule has 5 saturated carbocycles. The summed E-state index contributed by atoms with van der Waals surface area (Å²) < 4.78 is 5.51. The van der Waals surface area contributed by atoms with Gasteiger partial charge < -0.3 is 14.7 Å². The third kappa shape index (κ3) is 3.67. The molecule has 28 heavy (non-hydrogen) atoms. The lowest BCUT2D eigenvalue weighted by atomic mass is 9.53. The van der Waals surface area contributed by atoms with Crippen LogP contribution in [0.5, 0.6) is 0 Å². The Morgan fingerprint density at radius 3 is 2.39 bits per heavy atom. The summed E-state index contributed by atoms with van der Waals surface area (Å²) in [7, 11) is 1.89. The van der Waals surface area contributed by atoms with E-state index in [0.717, 1.165) is 42.3 Å². The van der Waals surface area contributed by atoms with Crippen molar-refractivity contribution in [3.05, 3.63) is 11.7 Å². The SMILES string of the molecule is CN(CCc1noc(C2CCCCC2)n1)C(=O)NC12CC3CC(CC(C3)C1)C2. The molecule has 6 heteroatoms. The number of hydrogen-bond donors (Lipinski definition) is 1. The molecule has 0 spiro atoms. The molecule has 5 aliphatic carbocycles. The Morgan fingerprint density at radius 2 is 1.75 bits per heavy atom. The first kappa shape index (κ1) is 18.4. The van der Waals surface area contributed by atoms with E-state index in [-0.39, 0.29) is 11.6 Å². The van der Waals surface area contributed by atoms with Gasteiger partial charge in [-0.25, -0.2) is 4.79 Å². The minimum atomic E-state index is 0.0675. The van der Waals surface area contributed by atoms with Crippen LogP contribution >= 0.6 is 0 Å². The normalized spacial score (nSPS) is 34.5. The first-order valence-electron chi connectivity index (χ1n) is 11.4. The van der Waals surface area contributed by atoms with Crippen LogP contribution < -0.4 is 5.32 Å². The maximum Gasteiger partial charge on any atom is 0.317 e. The number of carbonyl (C=O) groups excluding carboxylic acids is 1. The zero-order valence-corrected chi connectivity index (χ0v) is 17.2. The Balaban J connectivity index is 1.13. The lowest BCUT2D eigenvalue weighted by Gasteiger charge is -2.57. The highest BCUT2D eigenvalue weighted by molar-refractivity contribution is 5.74. The molecule has 1 N–H and O–H groups in total. The van der Waals surface area contributed by atoms with E-state index in [2.05, 4.69) is 15.5 Å². The Kier molecular flexibility index (Phi) is 4.84. The monoisotopic (exact) mass is 386 g/mol. The largest absolute Gasteiger partial charge is 0.339 e. The zero-order chi connectivity index (χ0) is 19.1. The molecule has 5 fully saturated rings. The second-order valence-corrected chi connectivity index (χ2v) is 10.2. The van der Waals surface area contributed by atoms with Gasteiger partial charge in [0.2, 0.25) is 5.89 Å². The van der Waals surface area contributed by atoms with Crippen LogP contribution in [0.15, 0.2) is 4.52 Å². The molecule has 1 heterocycles. The summed E-state index contributed by atoms with van der Waals surface area (Å²) in [5.41, 5.74) is 0.0698. The van der Waals surface area contributed by atoms with Crippen molar-refractivity contribution in [3.63, 3.8) is 0 Å². The topological polar surface area (TPSA) is 71.3 Å². The molecular weight excluding hydrogens is 352 g/mol. The van der Waals surface area contributed by atoms with Crippen LogP contribution in [0.4, 0.5) is 4.79 Å². The van der Waals surface area contributed by atoms with Crippen molar-refractivity contribution < 1.29 is 9.32 Å². The molecule has 2 amide bonds. The highest BCUT2D eigenvalue weighted by atomic mass is 16.5. The second-order valence-electron chi connectivity index (χ2n) is 10.2. The maximum atomic E-state index is 12.9.